The number of nitrogens with zero attached hydrogens (tertiary/aromatic N) is 1. The second-order valence-corrected chi connectivity index (χ2v) is 4.50. The van der Waals surface area contributed by atoms with Gasteiger partial charge in [-0.1, -0.05) is 44.2 Å². The van der Waals surface area contributed by atoms with Crippen LogP contribution >= 0.6 is 0 Å². The number of carbonyl (C=O) groups is 1. The molecule has 0 fully saturated rings. The van der Waals surface area contributed by atoms with Gasteiger partial charge in [0.05, 0.1) is 6.42 Å². The lowest BCUT2D eigenvalue weighted by Crippen LogP contribution is -2.37. The number of benzene rings is 1. The highest BCUT2D eigenvalue weighted by molar-refractivity contribution is 5.67. The van der Waals surface area contributed by atoms with E-state index in [1.54, 1.807) is 0 Å². The Bertz CT molecular complexity index is 347. The van der Waals surface area contributed by atoms with Crippen LogP contribution in [0.3, 0.4) is 0 Å². The van der Waals surface area contributed by atoms with Crippen LogP contribution in [-0.4, -0.2) is 35.1 Å². The SMILES string of the molecule is CCN(CC)C(CCc1ccccc1)CC(=O)O. The maximum absolute atomic E-state index is 10.9. The van der Waals surface area contributed by atoms with Crippen molar-refractivity contribution >= 4 is 5.97 Å². The first-order valence-corrected chi connectivity index (χ1v) is 6.67. The fraction of sp³-hybridized carbons (Fsp3) is 0.533. The molecule has 0 bridgehead atoms. The van der Waals surface area contributed by atoms with E-state index in [0.717, 1.165) is 25.9 Å². The Morgan fingerprint density at radius 1 is 1.22 bits per heavy atom. The lowest BCUT2D eigenvalue weighted by Gasteiger charge is -2.28. The van der Waals surface area contributed by atoms with Crippen molar-refractivity contribution in [2.45, 2.75) is 39.2 Å². The predicted molar refractivity (Wildman–Crippen MR) is 73.7 cm³/mol. The summed E-state index contributed by atoms with van der Waals surface area (Å²) in [7, 11) is 0. The maximum Gasteiger partial charge on any atom is 0.304 e. The van der Waals surface area contributed by atoms with E-state index >= 15 is 0 Å². The van der Waals surface area contributed by atoms with Gasteiger partial charge in [-0.05, 0) is 31.5 Å². The van der Waals surface area contributed by atoms with Gasteiger partial charge in [0.2, 0.25) is 0 Å². The van der Waals surface area contributed by atoms with Crippen molar-refractivity contribution in [1.29, 1.82) is 0 Å². The minimum atomic E-state index is -0.708. The molecular weight excluding hydrogens is 226 g/mol. The molecule has 0 aromatic heterocycles. The fourth-order valence-electron chi connectivity index (χ4n) is 2.33. The van der Waals surface area contributed by atoms with Crippen molar-refractivity contribution in [1.82, 2.24) is 4.90 Å². The summed E-state index contributed by atoms with van der Waals surface area (Å²) in [5.41, 5.74) is 1.28. The van der Waals surface area contributed by atoms with Crippen LogP contribution in [-0.2, 0) is 11.2 Å². The summed E-state index contributed by atoms with van der Waals surface area (Å²) >= 11 is 0. The average Bonchev–Trinajstić information content (AvgIpc) is 2.38. The molecule has 1 N–H and O–H groups in total. The Morgan fingerprint density at radius 3 is 2.33 bits per heavy atom. The number of aliphatic carboxylic acids is 1. The molecule has 1 unspecified atom stereocenters. The molecule has 0 aliphatic carbocycles. The zero-order valence-electron chi connectivity index (χ0n) is 11.3. The predicted octanol–water partition coefficient (Wildman–Crippen LogP) is 2.80. The molecule has 1 rings (SSSR count). The van der Waals surface area contributed by atoms with E-state index < -0.39 is 5.97 Å². The molecule has 0 saturated carbocycles. The number of aryl methyl sites for hydroxylation is 1. The smallest absolute Gasteiger partial charge is 0.304 e. The molecule has 0 heterocycles. The standard InChI is InChI=1S/C15H23NO2/c1-3-16(4-2)14(12-15(17)18)11-10-13-8-6-5-7-9-13/h5-9,14H,3-4,10-12H2,1-2H3,(H,17,18). The van der Waals surface area contributed by atoms with Crippen molar-refractivity contribution in [3.63, 3.8) is 0 Å². The highest BCUT2D eigenvalue weighted by Gasteiger charge is 2.18. The van der Waals surface area contributed by atoms with Crippen LogP contribution in [0.25, 0.3) is 0 Å². The third-order valence-electron chi connectivity index (χ3n) is 3.35. The average molecular weight is 249 g/mol. The summed E-state index contributed by atoms with van der Waals surface area (Å²) < 4.78 is 0. The Morgan fingerprint density at radius 2 is 1.83 bits per heavy atom. The third kappa shape index (κ3) is 4.88. The number of rotatable bonds is 8. The highest BCUT2D eigenvalue weighted by Crippen LogP contribution is 2.13. The van der Waals surface area contributed by atoms with Crippen molar-refractivity contribution in [3.05, 3.63) is 35.9 Å². The summed E-state index contributed by atoms with van der Waals surface area (Å²) in [5, 5.41) is 8.99. The van der Waals surface area contributed by atoms with Gasteiger partial charge in [-0.25, -0.2) is 0 Å². The van der Waals surface area contributed by atoms with Gasteiger partial charge in [0, 0.05) is 6.04 Å². The van der Waals surface area contributed by atoms with E-state index in [-0.39, 0.29) is 12.5 Å². The Balaban J connectivity index is 2.58. The molecule has 0 saturated heterocycles. The number of hydrogen-bond acceptors (Lipinski definition) is 2. The van der Waals surface area contributed by atoms with Crippen molar-refractivity contribution in [2.24, 2.45) is 0 Å². The zero-order valence-corrected chi connectivity index (χ0v) is 11.3. The van der Waals surface area contributed by atoms with Gasteiger partial charge in [0.1, 0.15) is 0 Å². The molecule has 0 aliphatic rings. The molecule has 18 heavy (non-hydrogen) atoms. The quantitative estimate of drug-likeness (QED) is 0.770. The van der Waals surface area contributed by atoms with Crippen molar-refractivity contribution in [2.75, 3.05) is 13.1 Å². The van der Waals surface area contributed by atoms with Crippen LogP contribution < -0.4 is 0 Å². The van der Waals surface area contributed by atoms with Gasteiger partial charge in [-0.2, -0.15) is 0 Å². The monoisotopic (exact) mass is 249 g/mol. The van der Waals surface area contributed by atoms with Gasteiger partial charge in [-0.3, -0.25) is 4.79 Å². The van der Waals surface area contributed by atoms with E-state index in [2.05, 4.69) is 30.9 Å². The number of carboxylic acids is 1. The van der Waals surface area contributed by atoms with Gasteiger partial charge >= 0.3 is 5.97 Å². The van der Waals surface area contributed by atoms with Crippen LogP contribution in [0.5, 0.6) is 0 Å². The lowest BCUT2D eigenvalue weighted by molar-refractivity contribution is -0.138. The molecule has 3 heteroatoms. The molecule has 0 aliphatic heterocycles. The molecule has 1 aromatic rings. The molecule has 1 atom stereocenters. The van der Waals surface area contributed by atoms with Crippen LogP contribution in [0.4, 0.5) is 0 Å². The first kappa shape index (κ1) is 14.7. The van der Waals surface area contributed by atoms with Crippen LogP contribution in [0.1, 0.15) is 32.3 Å². The largest absolute Gasteiger partial charge is 0.481 e. The normalized spacial score (nSPS) is 12.6. The van der Waals surface area contributed by atoms with E-state index in [4.69, 9.17) is 5.11 Å². The number of hydrogen-bond donors (Lipinski definition) is 1. The molecule has 0 spiro atoms. The van der Waals surface area contributed by atoms with Crippen LogP contribution in [0, 0.1) is 0 Å². The van der Waals surface area contributed by atoms with Crippen LogP contribution in [0.15, 0.2) is 30.3 Å². The molecule has 0 radical (unpaired) electrons. The highest BCUT2D eigenvalue weighted by atomic mass is 16.4. The second-order valence-electron chi connectivity index (χ2n) is 4.50. The third-order valence-corrected chi connectivity index (χ3v) is 3.35. The van der Waals surface area contributed by atoms with E-state index in [1.807, 2.05) is 18.2 Å². The van der Waals surface area contributed by atoms with Crippen molar-refractivity contribution < 1.29 is 9.90 Å². The van der Waals surface area contributed by atoms with Gasteiger partial charge in [-0.15, -0.1) is 0 Å². The van der Waals surface area contributed by atoms with Gasteiger partial charge in [0.15, 0.2) is 0 Å². The summed E-state index contributed by atoms with van der Waals surface area (Å²) in [6, 6.07) is 10.4. The second kappa shape index (κ2) is 7.88. The fourth-order valence-corrected chi connectivity index (χ4v) is 2.33. The van der Waals surface area contributed by atoms with Crippen LogP contribution in [0.2, 0.25) is 0 Å². The summed E-state index contributed by atoms with van der Waals surface area (Å²) in [6.07, 6.45) is 2.07. The lowest BCUT2D eigenvalue weighted by atomic mass is 10.0. The van der Waals surface area contributed by atoms with E-state index in [9.17, 15) is 4.79 Å². The minimum absolute atomic E-state index is 0.137. The maximum atomic E-state index is 10.9. The van der Waals surface area contributed by atoms with Crippen molar-refractivity contribution in [3.8, 4) is 0 Å². The molecule has 100 valence electrons. The molecule has 1 aromatic carbocycles. The summed E-state index contributed by atoms with van der Waals surface area (Å²) in [6.45, 7) is 5.98. The summed E-state index contributed by atoms with van der Waals surface area (Å²) in [4.78, 5) is 13.2. The van der Waals surface area contributed by atoms with E-state index in [1.165, 1.54) is 5.56 Å². The Kier molecular flexibility index (Phi) is 6.44. The molecular formula is C15H23NO2. The number of carboxylic acid groups (broad SMARTS) is 1. The van der Waals surface area contributed by atoms with Gasteiger partial charge in [0.25, 0.3) is 0 Å². The Labute approximate surface area is 109 Å². The molecule has 3 nitrogen and oxygen atoms in total. The first-order valence-electron chi connectivity index (χ1n) is 6.67. The Hall–Kier alpha value is -1.35. The zero-order chi connectivity index (χ0) is 13.4. The first-order chi connectivity index (χ1) is 8.67. The van der Waals surface area contributed by atoms with E-state index in [0.29, 0.717) is 0 Å². The minimum Gasteiger partial charge on any atom is -0.481 e. The van der Waals surface area contributed by atoms with Gasteiger partial charge < -0.3 is 10.0 Å². The molecule has 0 amide bonds. The summed E-state index contributed by atoms with van der Waals surface area (Å²) in [5.74, 6) is -0.708. The topological polar surface area (TPSA) is 40.5 Å².